The summed E-state index contributed by atoms with van der Waals surface area (Å²) in [6.45, 7) is 0. The van der Waals surface area contributed by atoms with E-state index >= 15 is 0 Å². The third kappa shape index (κ3) is 3.79. The second kappa shape index (κ2) is 7.34. The molecule has 1 aliphatic heterocycles. The van der Waals surface area contributed by atoms with Gasteiger partial charge >= 0.3 is 0 Å². The second-order valence-corrected chi connectivity index (χ2v) is 5.65. The van der Waals surface area contributed by atoms with Crippen LogP contribution in [0.15, 0.2) is 60.4 Å². The number of halogens is 2. The maximum absolute atomic E-state index is 13.8. The Labute approximate surface area is 144 Å². The van der Waals surface area contributed by atoms with Crippen molar-refractivity contribution in [3.05, 3.63) is 77.6 Å². The first-order chi connectivity index (χ1) is 12.1. The van der Waals surface area contributed by atoms with E-state index in [0.29, 0.717) is 12.2 Å². The minimum absolute atomic E-state index is 0.113. The molecule has 3 rings (SSSR count). The molecule has 2 aliphatic rings. The van der Waals surface area contributed by atoms with Crippen LogP contribution in [0.2, 0.25) is 0 Å². The molecule has 1 amide bonds. The third-order valence-corrected chi connectivity index (χ3v) is 3.91. The highest BCUT2D eigenvalue weighted by Gasteiger charge is 2.21. The zero-order valence-electron chi connectivity index (χ0n) is 13.7. The summed E-state index contributed by atoms with van der Waals surface area (Å²) in [6.07, 6.45) is 12.9. The Morgan fingerprint density at radius 3 is 2.72 bits per heavy atom. The molecule has 0 N–H and O–H groups in total. The predicted octanol–water partition coefficient (Wildman–Crippen LogP) is 4.42. The van der Waals surface area contributed by atoms with E-state index < -0.39 is 23.3 Å². The van der Waals surface area contributed by atoms with Crippen molar-refractivity contribution in [2.45, 2.75) is 19.3 Å². The lowest BCUT2D eigenvalue weighted by molar-refractivity contribution is 0.0852. The lowest BCUT2D eigenvalue weighted by Crippen LogP contribution is -2.23. The number of allylic oxidation sites excluding steroid dienone is 4. The Bertz CT molecular complexity index is 786. The number of hydrogen-bond acceptors (Lipinski definition) is 3. The zero-order valence-corrected chi connectivity index (χ0v) is 13.7. The highest BCUT2D eigenvalue weighted by atomic mass is 19.1. The largest absolute Gasteiger partial charge is 0.491 e. The molecule has 25 heavy (non-hydrogen) atoms. The van der Waals surface area contributed by atoms with Gasteiger partial charge in [0.25, 0.3) is 5.91 Å². The smallest absolute Gasteiger partial charge is 0.262 e. The van der Waals surface area contributed by atoms with Gasteiger partial charge in [-0.3, -0.25) is 9.69 Å². The molecule has 0 radical (unpaired) electrons. The van der Waals surface area contributed by atoms with Crippen LogP contribution < -0.4 is 4.74 Å². The Kier molecular flexibility index (Phi) is 4.97. The number of hydrogen-bond donors (Lipinski definition) is 0. The van der Waals surface area contributed by atoms with Crippen LogP contribution >= 0.6 is 0 Å². The Morgan fingerprint density at radius 2 is 2.08 bits per heavy atom. The van der Waals surface area contributed by atoms with Gasteiger partial charge in [-0.1, -0.05) is 23.8 Å². The van der Waals surface area contributed by atoms with Crippen molar-refractivity contribution in [3.8, 4) is 5.75 Å². The molecule has 0 spiro atoms. The molecule has 0 unspecified atom stereocenters. The van der Waals surface area contributed by atoms with Crippen molar-refractivity contribution < 1.29 is 23.0 Å². The first-order valence-electron chi connectivity index (χ1n) is 7.83. The minimum atomic E-state index is -0.925. The van der Waals surface area contributed by atoms with Crippen LogP contribution in [0.1, 0.15) is 29.6 Å². The van der Waals surface area contributed by atoms with Gasteiger partial charge in [0.1, 0.15) is 12.0 Å². The van der Waals surface area contributed by atoms with Crippen molar-refractivity contribution in [1.29, 1.82) is 0 Å². The lowest BCUT2D eigenvalue weighted by Gasteiger charge is -2.21. The molecule has 0 saturated heterocycles. The summed E-state index contributed by atoms with van der Waals surface area (Å²) in [5.74, 6) is -2.33. The fourth-order valence-electron chi connectivity index (χ4n) is 2.68. The van der Waals surface area contributed by atoms with Gasteiger partial charge in [0, 0.05) is 18.2 Å². The van der Waals surface area contributed by atoms with Crippen molar-refractivity contribution in [3.63, 3.8) is 0 Å². The molecule has 0 aromatic heterocycles. The number of nitrogens with zero attached hydrogens (tertiary/aromatic N) is 1. The highest BCUT2D eigenvalue weighted by Crippen LogP contribution is 2.26. The van der Waals surface area contributed by atoms with E-state index in [0.717, 1.165) is 32.1 Å². The highest BCUT2D eigenvalue weighted by molar-refractivity contribution is 5.95. The molecule has 1 aliphatic carbocycles. The van der Waals surface area contributed by atoms with Crippen LogP contribution in [-0.2, 0) is 4.74 Å². The third-order valence-electron chi connectivity index (χ3n) is 3.91. The SMILES string of the molecule is COc1c(F)cc(C(=O)N2C=COC(CC3=CC=CCC3)=C2)cc1F. The van der Waals surface area contributed by atoms with E-state index in [1.165, 1.54) is 29.1 Å². The van der Waals surface area contributed by atoms with Crippen molar-refractivity contribution in [2.24, 2.45) is 0 Å². The van der Waals surface area contributed by atoms with Crippen LogP contribution in [0.4, 0.5) is 8.78 Å². The standard InChI is InChI=1S/C19H17F2NO3/c1-24-18-16(20)10-14(11-17(18)21)19(23)22-7-8-25-15(12-22)9-13-5-3-2-4-6-13/h2-3,5,7-8,10-12H,4,6,9H2,1H3. The van der Waals surface area contributed by atoms with Crippen molar-refractivity contribution >= 4 is 5.91 Å². The average Bonchev–Trinajstić information content (AvgIpc) is 2.62. The fraction of sp³-hybridized carbons (Fsp3) is 0.211. The van der Waals surface area contributed by atoms with Gasteiger partial charge in [0.05, 0.1) is 13.3 Å². The Morgan fingerprint density at radius 1 is 1.32 bits per heavy atom. The molecule has 0 bridgehead atoms. The molecule has 0 fully saturated rings. The van der Waals surface area contributed by atoms with Gasteiger partial charge in [-0.2, -0.15) is 0 Å². The maximum Gasteiger partial charge on any atom is 0.262 e. The minimum Gasteiger partial charge on any atom is -0.491 e. The van der Waals surface area contributed by atoms with Gasteiger partial charge in [0.15, 0.2) is 17.4 Å². The zero-order chi connectivity index (χ0) is 17.8. The number of benzene rings is 1. The summed E-state index contributed by atoms with van der Waals surface area (Å²) in [5, 5.41) is 0. The van der Waals surface area contributed by atoms with Gasteiger partial charge in [-0.15, -0.1) is 0 Å². The molecule has 1 aromatic carbocycles. The molecule has 1 aromatic rings. The van der Waals surface area contributed by atoms with Gasteiger partial charge < -0.3 is 9.47 Å². The topological polar surface area (TPSA) is 38.8 Å². The molecule has 6 heteroatoms. The summed E-state index contributed by atoms with van der Waals surface area (Å²) < 4.78 is 37.7. The maximum atomic E-state index is 13.8. The number of rotatable bonds is 4. The molecule has 130 valence electrons. The van der Waals surface area contributed by atoms with Gasteiger partial charge in [-0.05, 0) is 25.0 Å². The number of carbonyl (C=O) groups is 1. The summed E-state index contributed by atoms with van der Waals surface area (Å²) in [5.41, 5.74) is 1.08. The normalized spacial score (nSPS) is 16.2. The lowest BCUT2D eigenvalue weighted by atomic mass is 10.0. The van der Waals surface area contributed by atoms with Crippen LogP contribution in [0.3, 0.4) is 0 Å². The van der Waals surface area contributed by atoms with E-state index in [1.54, 1.807) is 0 Å². The number of amides is 1. The van der Waals surface area contributed by atoms with E-state index in [9.17, 15) is 13.6 Å². The molecule has 1 heterocycles. The quantitative estimate of drug-likeness (QED) is 0.811. The van der Waals surface area contributed by atoms with Crippen LogP contribution in [0, 0.1) is 11.6 Å². The molecule has 0 saturated carbocycles. The van der Waals surface area contributed by atoms with Crippen LogP contribution in [0.25, 0.3) is 0 Å². The Balaban J connectivity index is 1.79. The molecular formula is C19H17F2NO3. The molecule has 4 nitrogen and oxygen atoms in total. The van der Waals surface area contributed by atoms with E-state index in [4.69, 9.17) is 4.74 Å². The van der Waals surface area contributed by atoms with Gasteiger partial charge in [0.2, 0.25) is 0 Å². The van der Waals surface area contributed by atoms with Gasteiger partial charge in [-0.25, -0.2) is 8.78 Å². The number of carbonyl (C=O) groups excluding carboxylic acids is 1. The van der Waals surface area contributed by atoms with Crippen LogP contribution in [0.5, 0.6) is 5.75 Å². The number of methoxy groups -OCH3 is 1. The number of ether oxygens (including phenoxy) is 2. The van der Waals surface area contributed by atoms with Crippen molar-refractivity contribution in [2.75, 3.05) is 7.11 Å². The summed E-state index contributed by atoms with van der Waals surface area (Å²) in [4.78, 5) is 13.8. The predicted molar refractivity (Wildman–Crippen MR) is 88.5 cm³/mol. The molecular weight excluding hydrogens is 328 g/mol. The molecule has 0 atom stereocenters. The first-order valence-corrected chi connectivity index (χ1v) is 7.83. The second-order valence-electron chi connectivity index (χ2n) is 5.65. The van der Waals surface area contributed by atoms with Crippen molar-refractivity contribution in [1.82, 2.24) is 4.90 Å². The summed E-state index contributed by atoms with van der Waals surface area (Å²) >= 11 is 0. The summed E-state index contributed by atoms with van der Waals surface area (Å²) in [7, 11) is 1.16. The van der Waals surface area contributed by atoms with E-state index in [2.05, 4.69) is 10.8 Å². The van der Waals surface area contributed by atoms with E-state index in [1.807, 2.05) is 12.2 Å². The Hall–Kier alpha value is -2.89. The average molecular weight is 345 g/mol. The van der Waals surface area contributed by atoms with E-state index in [-0.39, 0.29) is 5.56 Å². The fourth-order valence-corrected chi connectivity index (χ4v) is 2.68. The first kappa shape index (κ1) is 17.0. The van der Waals surface area contributed by atoms with Crippen LogP contribution in [-0.4, -0.2) is 17.9 Å². The summed E-state index contributed by atoms with van der Waals surface area (Å²) in [6, 6.07) is 1.91. The monoisotopic (exact) mass is 345 g/mol.